The van der Waals surface area contributed by atoms with Crippen molar-refractivity contribution in [2.24, 2.45) is 0 Å². The van der Waals surface area contributed by atoms with Crippen LogP contribution >= 0.6 is 0 Å². The van der Waals surface area contributed by atoms with Crippen molar-refractivity contribution in [3.8, 4) is 5.75 Å². The Morgan fingerprint density at radius 2 is 1.58 bits per heavy atom. The van der Waals surface area contributed by atoms with Crippen molar-refractivity contribution in [1.82, 2.24) is 10.2 Å². The van der Waals surface area contributed by atoms with Crippen molar-refractivity contribution in [1.29, 1.82) is 0 Å². The topological polar surface area (TPSA) is 96.0 Å². The third kappa shape index (κ3) is 6.01. The molecule has 0 bridgehead atoms. The zero-order valence-electron chi connectivity index (χ0n) is 20.2. The van der Waals surface area contributed by atoms with Gasteiger partial charge in [-0.25, -0.2) is 12.8 Å². The molecule has 0 saturated carbocycles. The highest BCUT2D eigenvalue weighted by atomic mass is 32.2. The number of carbonyl (C=O) groups is 2. The summed E-state index contributed by atoms with van der Waals surface area (Å²) in [6, 6.07) is 18.8. The molecule has 0 aromatic heterocycles. The number of benzene rings is 3. The number of halogens is 1. The minimum Gasteiger partial charge on any atom is -0.495 e. The van der Waals surface area contributed by atoms with Crippen LogP contribution in [0.3, 0.4) is 0 Å². The van der Waals surface area contributed by atoms with Gasteiger partial charge in [0, 0.05) is 13.6 Å². The van der Waals surface area contributed by atoms with E-state index >= 15 is 0 Å². The second kappa shape index (κ2) is 11.7. The first-order chi connectivity index (χ1) is 17.2. The molecule has 0 radical (unpaired) electrons. The number of methoxy groups -OCH3 is 1. The van der Waals surface area contributed by atoms with Gasteiger partial charge in [0.1, 0.15) is 24.2 Å². The number of amides is 2. The minimum absolute atomic E-state index is 0.00635. The van der Waals surface area contributed by atoms with E-state index in [1.165, 1.54) is 55.5 Å². The molecule has 0 aliphatic carbocycles. The number of hydrogen-bond donors (Lipinski definition) is 1. The van der Waals surface area contributed by atoms with Gasteiger partial charge in [-0.1, -0.05) is 42.5 Å². The van der Waals surface area contributed by atoms with Crippen LogP contribution in [0.15, 0.2) is 83.8 Å². The summed E-state index contributed by atoms with van der Waals surface area (Å²) >= 11 is 0. The highest BCUT2D eigenvalue weighted by molar-refractivity contribution is 7.92. The number of nitrogens with zero attached hydrogens (tertiary/aromatic N) is 2. The molecule has 0 saturated heterocycles. The fourth-order valence-electron chi connectivity index (χ4n) is 3.65. The molecule has 190 valence electrons. The molecule has 3 aromatic rings. The molecule has 1 N–H and O–H groups in total. The first kappa shape index (κ1) is 26.7. The van der Waals surface area contributed by atoms with E-state index in [9.17, 15) is 22.4 Å². The van der Waals surface area contributed by atoms with E-state index in [0.29, 0.717) is 5.56 Å². The van der Waals surface area contributed by atoms with Crippen LogP contribution in [0.2, 0.25) is 0 Å². The van der Waals surface area contributed by atoms with Gasteiger partial charge >= 0.3 is 0 Å². The molecule has 3 aromatic carbocycles. The standard InChI is InChI=1S/C26H28FN3O5S/c1-19(26(32)28-2)29(17-20-13-15-21(27)16-14-20)25(31)18-30(23-11-7-8-12-24(23)35-3)36(33,34)22-9-5-4-6-10-22/h4-16,19H,17-18H2,1-3H3,(H,28,32). The quantitative estimate of drug-likeness (QED) is 0.449. The van der Waals surface area contributed by atoms with E-state index in [2.05, 4.69) is 5.32 Å². The van der Waals surface area contributed by atoms with E-state index in [-0.39, 0.29) is 22.9 Å². The van der Waals surface area contributed by atoms with Gasteiger partial charge < -0.3 is 15.0 Å². The summed E-state index contributed by atoms with van der Waals surface area (Å²) in [6.07, 6.45) is 0. The molecule has 0 aliphatic rings. The number of sulfonamides is 1. The van der Waals surface area contributed by atoms with Crippen molar-refractivity contribution in [3.63, 3.8) is 0 Å². The normalized spacial score (nSPS) is 11.9. The Balaban J connectivity index is 2.05. The Kier molecular flexibility index (Phi) is 8.65. The van der Waals surface area contributed by atoms with Crippen LogP contribution in [0.25, 0.3) is 0 Å². The number of nitrogens with one attached hydrogen (secondary N) is 1. The second-order valence-corrected chi connectivity index (χ2v) is 9.80. The molecule has 0 heterocycles. The third-order valence-electron chi connectivity index (χ3n) is 5.64. The van der Waals surface area contributed by atoms with E-state index < -0.39 is 40.2 Å². The van der Waals surface area contributed by atoms with Gasteiger partial charge in [-0.2, -0.15) is 0 Å². The van der Waals surface area contributed by atoms with Gasteiger partial charge in [0.2, 0.25) is 11.8 Å². The monoisotopic (exact) mass is 513 g/mol. The number of carbonyl (C=O) groups excluding carboxylic acids is 2. The number of ether oxygens (including phenoxy) is 1. The fourth-order valence-corrected chi connectivity index (χ4v) is 5.09. The SMILES string of the molecule is CNC(=O)C(C)N(Cc1ccc(F)cc1)C(=O)CN(c1ccccc1OC)S(=O)(=O)c1ccccc1. The number of likely N-dealkylation sites (N-methyl/N-ethyl adjacent to an activating group) is 1. The molecule has 10 heteroatoms. The Morgan fingerprint density at radius 3 is 2.19 bits per heavy atom. The predicted octanol–water partition coefficient (Wildman–Crippen LogP) is 3.19. The molecule has 0 aliphatic heterocycles. The lowest BCUT2D eigenvalue weighted by Crippen LogP contribution is -2.50. The lowest BCUT2D eigenvalue weighted by Gasteiger charge is -2.32. The maximum absolute atomic E-state index is 13.7. The molecule has 3 rings (SSSR count). The lowest BCUT2D eigenvalue weighted by atomic mass is 10.1. The maximum atomic E-state index is 13.7. The summed E-state index contributed by atoms with van der Waals surface area (Å²) in [5.41, 5.74) is 0.752. The van der Waals surface area contributed by atoms with Crippen LogP contribution in [-0.2, 0) is 26.2 Å². The molecule has 36 heavy (non-hydrogen) atoms. The van der Waals surface area contributed by atoms with Crippen molar-refractivity contribution in [3.05, 3.63) is 90.2 Å². The highest BCUT2D eigenvalue weighted by Gasteiger charge is 2.33. The number of para-hydroxylation sites is 2. The van der Waals surface area contributed by atoms with Crippen molar-refractivity contribution in [2.45, 2.75) is 24.4 Å². The average Bonchev–Trinajstić information content (AvgIpc) is 2.90. The largest absolute Gasteiger partial charge is 0.495 e. The number of rotatable bonds is 10. The maximum Gasteiger partial charge on any atom is 0.264 e. The minimum atomic E-state index is -4.19. The Morgan fingerprint density at radius 1 is 0.972 bits per heavy atom. The van der Waals surface area contributed by atoms with Crippen molar-refractivity contribution in [2.75, 3.05) is 25.0 Å². The van der Waals surface area contributed by atoms with E-state index in [1.807, 2.05) is 0 Å². The zero-order chi connectivity index (χ0) is 26.3. The van der Waals surface area contributed by atoms with Crippen molar-refractivity contribution >= 4 is 27.5 Å². The summed E-state index contributed by atoms with van der Waals surface area (Å²) in [7, 11) is -1.34. The van der Waals surface area contributed by atoms with Crippen LogP contribution in [0, 0.1) is 5.82 Å². The Bertz CT molecular complexity index is 1300. The van der Waals surface area contributed by atoms with Gasteiger partial charge in [0.05, 0.1) is 17.7 Å². The number of anilines is 1. The van der Waals surface area contributed by atoms with E-state index in [1.54, 1.807) is 49.4 Å². The summed E-state index contributed by atoms with van der Waals surface area (Å²) in [6.45, 7) is 0.915. The average molecular weight is 514 g/mol. The second-order valence-electron chi connectivity index (χ2n) is 7.93. The molecule has 1 unspecified atom stereocenters. The van der Waals surface area contributed by atoms with Gasteiger partial charge in [-0.05, 0) is 48.9 Å². The predicted molar refractivity (Wildman–Crippen MR) is 134 cm³/mol. The third-order valence-corrected chi connectivity index (χ3v) is 7.42. The van der Waals surface area contributed by atoms with Crippen LogP contribution < -0.4 is 14.4 Å². The molecular formula is C26H28FN3O5S. The smallest absolute Gasteiger partial charge is 0.264 e. The van der Waals surface area contributed by atoms with Crippen LogP contribution in [0.1, 0.15) is 12.5 Å². The summed E-state index contributed by atoms with van der Waals surface area (Å²) in [4.78, 5) is 27.4. The zero-order valence-corrected chi connectivity index (χ0v) is 21.0. The van der Waals surface area contributed by atoms with E-state index in [0.717, 1.165) is 4.31 Å². The van der Waals surface area contributed by atoms with Crippen LogP contribution in [0.4, 0.5) is 10.1 Å². The van der Waals surface area contributed by atoms with Crippen LogP contribution in [0.5, 0.6) is 5.75 Å². The van der Waals surface area contributed by atoms with Crippen molar-refractivity contribution < 1.29 is 27.1 Å². The summed E-state index contributed by atoms with van der Waals surface area (Å²) in [5, 5.41) is 2.51. The summed E-state index contributed by atoms with van der Waals surface area (Å²) in [5.74, 6) is -1.23. The highest BCUT2D eigenvalue weighted by Crippen LogP contribution is 2.32. The molecule has 0 fully saturated rings. The first-order valence-electron chi connectivity index (χ1n) is 11.2. The van der Waals surface area contributed by atoms with Gasteiger partial charge in [-0.3, -0.25) is 13.9 Å². The number of hydrogen-bond acceptors (Lipinski definition) is 5. The van der Waals surface area contributed by atoms with Gasteiger partial charge in [-0.15, -0.1) is 0 Å². The Hall–Kier alpha value is -3.92. The Labute approximate surface area is 210 Å². The molecule has 2 amide bonds. The fraction of sp³-hybridized carbons (Fsp3) is 0.231. The lowest BCUT2D eigenvalue weighted by molar-refractivity contribution is -0.139. The van der Waals surface area contributed by atoms with Crippen LogP contribution in [-0.4, -0.2) is 51.9 Å². The van der Waals surface area contributed by atoms with E-state index in [4.69, 9.17) is 4.74 Å². The molecule has 1 atom stereocenters. The first-order valence-corrected chi connectivity index (χ1v) is 12.6. The van der Waals surface area contributed by atoms with Gasteiger partial charge in [0.15, 0.2) is 0 Å². The molecular weight excluding hydrogens is 485 g/mol. The summed E-state index contributed by atoms with van der Waals surface area (Å²) < 4.78 is 47.2. The molecule has 0 spiro atoms. The van der Waals surface area contributed by atoms with Gasteiger partial charge in [0.25, 0.3) is 10.0 Å². The molecule has 8 nitrogen and oxygen atoms in total.